The third-order valence-corrected chi connectivity index (χ3v) is 4.66. The first-order valence-corrected chi connectivity index (χ1v) is 7.85. The van der Waals surface area contributed by atoms with Crippen LogP contribution in [0, 0.1) is 0 Å². The van der Waals surface area contributed by atoms with Gasteiger partial charge in [0.15, 0.2) is 0 Å². The van der Waals surface area contributed by atoms with Crippen LogP contribution >= 0.6 is 0 Å². The molecule has 0 amide bonds. The van der Waals surface area contributed by atoms with E-state index in [9.17, 15) is 13.2 Å². The van der Waals surface area contributed by atoms with E-state index in [2.05, 4.69) is 9.62 Å². The van der Waals surface area contributed by atoms with Gasteiger partial charge in [-0.15, -0.1) is 0 Å². The molecule has 1 heterocycles. The lowest BCUT2D eigenvalue weighted by molar-refractivity contribution is -0.121. The zero-order chi connectivity index (χ0) is 13.7. The second-order valence-corrected chi connectivity index (χ2v) is 6.36. The van der Waals surface area contributed by atoms with Gasteiger partial charge < -0.3 is 4.90 Å². The van der Waals surface area contributed by atoms with E-state index in [0.717, 1.165) is 13.1 Å². The number of nitrogens with zero attached hydrogens (tertiary/aromatic N) is 1. The number of likely N-dealkylation sites (tertiary alicyclic amines) is 1. The summed E-state index contributed by atoms with van der Waals surface area (Å²) < 4.78 is 26.5. The maximum Gasteiger partial charge on any atom is 0.240 e. The van der Waals surface area contributed by atoms with Crippen molar-refractivity contribution in [3.63, 3.8) is 0 Å². The molecule has 0 saturated carbocycles. The fourth-order valence-electron chi connectivity index (χ4n) is 2.05. The smallest absolute Gasteiger partial charge is 0.240 e. The highest BCUT2D eigenvalue weighted by molar-refractivity contribution is 7.89. The Kier molecular flexibility index (Phi) is 4.68. The van der Waals surface area contributed by atoms with Gasteiger partial charge in [-0.05, 0) is 12.1 Å². The van der Waals surface area contributed by atoms with E-state index in [1.807, 2.05) is 0 Å². The molecule has 1 aromatic rings. The minimum atomic E-state index is -3.42. The molecule has 1 aromatic carbocycles. The number of hydrogen-bond donors (Lipinski definition) is 1. The van der Waals surface area contributed by atoms with Gasteiger partial charge in [0.1, 0.15) is 5.78 Å². The zero-order valence-electron chi connectivity index (χ0n) is 10.7. The van der Waals surface area contributed by atoms with Crippen molar-refractivity contribution in [1.29, 1.82) is 0 Å². The molecule has 0 aromatic heterocycles. The Hall–Kier alpha value is -1.24. The van der Waals surface area contributed by atoms with Crippen molar-refractivity contribution < 1.29 is 13.2 Å². The fourth-order valence-corrected chi connectivity index (χ4v) is 3.09. The van der Waals surface area contributed by atoms with Gasteiger partial charge in [0.2, 0.25) is 10.0 Å². The Morgan fingerprint density at radius 2 is 1.74 bits per heavy atom. The highest BCUT2D eigenvalue weighted by atomic mass is 32.2. The van der Waals surface area contributed by atoms with Crippen LogP contribution in [0.4, 0.5) is 0 Å². The first-order chi connectivity index (χ1) is 9.08. The molecule has 104 valence electrons. The number of piperidine rings is 1. The van der Waals surface area contributed by atoms with Gasteiger partial charge in [-0.25, -0.2) is 13.1 Å². The molecule has 1 aliphatic heterocycles. The molecule has 1 saturated heterocycles. The lowest BCUT2D eigenvalue weighted by Crippen LogP contribution is -2.39. The summed E-state index contributed by atoms with van der Waals surface area (Å²) in [6.45, 7) is 2.46. The number of benzene rings is 1. The fraction of sp³-hybridized carbons (Fsp3) is 0.462. The molecule has 0 atom stereocenters. The molecule has 0 bridgehead atoms. The van der Waals surface area contributed by atoms with Crippen LogP contribution in [0.2, 0.25) is 0 Å². The molecule has 0 unspecified atom stereocenters. The van der Waals surface area contributed by atoms with Gasteiger partial charge in [0.05, 0.1) is 4.90 Å². The third kappa shape index (κ3) is 4.12. The molecule has 2 rings (SSSR count). The van der Waals surface area contributed by atoms with Crippen molar-refractivity contribution in [2.24, 2.45) is 0 Å². The molecule has 19 heavy (non-hydrogen) atoms. The van der Waals surface area contributed by atoms with Crippen molar-refractivity contribution in [1.82, 2.24) is 9.62 Å². The summed E-state index contributed by atoms with van der Waals surface area (Å²) in [5.41, 5.74) is 0. The topological polar surface area (TPSA) is 66.5 Å². The van der Waals surface area contributed by atoms with Crippen LogP contribution in [0.25, 0.3) is 0 Å². The number of Topliss-reactive ketones (excluding diaryl/α,β-unsaturated/α-hetero) is 1. The number of rotatable bonds is 5. The number of carbonyl (C=O) groups is 1. The molecule has 1 N–H and O–H groups in total. The second-order valence-electron chi connectivity index (χ2n) is 4.59. The monoisotopic (exact) mass is 282 g/mol. The van der Waals surface area contributed by atoms with Gasteiger partial charge in [-0.1, -0.05) is 18.2 Å². The number of carbonyl (C=O) groups excluding carboxylic acids is 1. The number of sulfonamides is 1. The van der Waals surface area contributed by atoms with E-state index in [4.69, 9.17) is 0 Å². The van der Waals surface area contributed by atoms with Crippen LogP contribution in [0.3, 0.4) is 0 Å². The Morgan fingerprint density at radius 1 is 1.11 bits per heavy atom. The second kappa shape index (κ2) is 6.27. The number of nitrogens with one attached hydrogen (secondary N) is 1. The highest BCUT2D eigenvalue weighted by Gasteiger charge is 2.17. The normalized spacial score (nSPS) is 17.6. The minimum Gasteiger partial charge on any atom is -0.301 e. The molecule has 0 aliphatic carbocycles. The maximum atomic E-state index is 11.9. The highest BCUT2D eigenvalue weighted by Crippen LogP contribution is 2.07. The lowest BCUT2D eigenvalue weighted by Gasteiger charge is -2.25. The van der Waals surface area contributed by atoms with E-state index in [0.29, 0.717) is 31.7 Å². The first-order valence-electron chi connectivity index (χ1n) is 6.37. The van der Waals surface area contributed by atoms with Crippen LogP contribution in [0.5, 0.6) is 0 Å². The summed E-state index contributed by atoms with van der Waals surface area (Å²) in [7, 11) is -3.42. The summed E-state index contributed by atoms with van der Waals surface area (Å²) in [5.74, 6) is 0.293. The van der Waals surface area contributed by atoms with Crippen LogP contribution in [-0.4, -0.2) is 45.3 Å². The lowest BCUT2D eigenvalue weighted by atomic mass is 10.1. The van der Waals surface area contributed by atoms with Crippen LogP contribution in [-0.2, 0) is 14.8 Å². The van der Waals surface area contributed by atoms with Gasteiger partial charge in [-0.2, -0.15) is 0 Å². The summed E-state index contributed by atoms with van der Waals surface area (Å²) in [4.78, 5) is 13.5. The van der Waals surface area contributed by atoms with Gasteiger partial charge in [0, 0.05) is 39.0 Å². The Bertz CT molecular complexity index is 518. The van der Waals surface area contributed by atoms with E-state index >= 15 is 0 Å². The summed E-state index contributed by atoms with van der Waals surface area (Å²) in [5, 5.41) is 0. The summed E-state index contributed by atoms with van der Waals surface area (Å²) in [6, 6.07) is 8.32. The van der Waals surface area contributed by atoms with Gasteiger partial charge in [-0.3, -0.25) is 4.79 Å². The predicted octanol–water partition coefficient (Wildman–Crippen LogP) is 0.630. The van der Waals surface area contributed by atoms with Crippen molar-refractivity contribution in [2.75, 3.05) is 26.2 Å². The molecular formula is C13H18N2O3S. The van der Waals surface area contributed by atoms with Crippen molar-refractivity contribution in [3.8, 4) is 0 Å². The molecule has 0 spiro atoms. The molecular weight excluding hydrogens is 264 g/mol. The largest absolute Gasteiger partial charge is 0.301 e. The Labute approximate surface area is 113 Å². The molecule has 6 heteroatoms. The maximum absolute atomic E-state index is 11.9. The Balaban J connectivity index is 1.81. The molecule has 5 nitrogen and oxygen atoms in total. The van der Waals surface area contributed by atoms with Crippen molar-refractivity contribution in [2.45, 2.75) is 17.7 Å². The van der Waals surface area contributed by atoms with Crippen LogP contribution in [0.15, 0.2) is 35.2 Å². The minimum absolute atomic E-state index is 0.281. The van der Waals surface area contributed by atoms with Gasteiger partial charge in [0.25, 0.3) is 0 Å². The number of hydrogen-bond acceptors (Lipinski definition) is 4. The average molecular weight is 282 g/mol. The van der Waals surface area contributed by atoms with Crippen LogP contribution in [0.1, 0.15) is 12.8 Å². The average Bonchev–Trinajstić information content (AvgIpc) is 2.42. The van der Waals surface area contributed by atoms with E-state index in [-0.39, 0.29) is 4.90 Å². The summed E-state index contributed by atoms with van der Waals surface area (Å²) in [6.07, 6.45) is 1.15. The number of ketones is 1. The first kappa shape index (κ1) is 14.2. The van der Waals surface area contributed by atoms with Crippen LogP contribution < -0.4 is 4.72 Å². The predicted molar refractivity (Wildman–Crippen MR) is 72.3 cm³/mol. The SMILES string of the molecule is O=C1CCN(CCNS(=O)(=O)c2ccccc2)CC1. The van der Waals surface area contributed by atoms with E-state index in [1.165, 1.54) is 0 Å². The summed E-state index contributed by atoms with van der Waals surface area (Å²) >= 11 is 0. The van der Waals surface area contributed by atoms with Gasteiger partial charge >= 0.3 is 0 Å². The van der Waals surface area contributed by atoms with E-state index < -0.39 is 10.0 Å². The molecule has 1 aliphatic rings. The standard InChI is InChI=1S/C13H18N2O3S/c16-12-6-9-15(10-7-12)11-8-14-19(17,18)13-4-2-1-3-5-13/h1-5,14H,6-11H2. The third-order valence-electron chi connectivity index (χ3n) is 3.19. The Morgan fingerprint density at radius 3 is 2.37 bits per heavy atom. The quantitative estimate of drug-likeness (QED) is 0.860. The van der Waals surface area contributed by atoms with Crippen molar-refractivity contribution in [3.05, 3.63) is 30.3 Å². The zero-order valence-corrected chi connectivity index (χ0v) is 11.5. The molecule has 1 fully saturated rings. The molecule has 0 radical (unpaired) electrons. The van der Waals surface area contributed by atoms with Crippen molar-refractivity contribution >= 4 is 15.8 Å². The van der Waals surface area contributed by atoms with E-state index in [1.54, 1.807) is 30.3 Å².